The molecule has 0 aromatic carbocycles. The molecule has 0 unspecified atom stereocenters. The van der Waals surface area contributed by atoms with Crippen molar-refractivity contribution >= 4 is 5.82 Å². The van der Waals surface area contributed by atoms with Crippen LogP contribution < -0.4 is 10.2 Å². The molecule has 2 aromatic heterocycles. The molecule has 7 heteroatoms. The average Bonchev–Trinajstić information content (AvgIpc) is 3.14. The van der Waals surface area contributed by atoms with E-state index in [1.165, 1.54) is 48.6 Å². The fraction of sp³-hybridized carbons (Fsp3) is 0.667. The molecule has 4 rings (SSSR count). The van der Waals surface area contributed by atoms with Crippen LogP contribution in [0.1, 0.15) is 49.4 Å². The van der Waals surface area contributed by atoms with Crippen molar-refractivity contribution in [2.24, 2.45) is 7.05 Å². The van der Waals surface area contributed by atoms with Gasteiger partial charge in [0.1, 0.15) is 5.82 Å². The largest absolute Gasteiger partial charge is 0.378 e. The predicted molar refractivity (Wildman–Crippen MR) is 125 cm³/mol. The molecule has 0 atom stereocenters. The highest BCUT2D eigenvalue weighted by Crippen LogP contribution is 2.29. The van der Waals surface area contributed by atoms with E-state index >= 15 is 0 Å². The summed E-state index contributed by atoms with van der Waals surface area (Å²) in [7, 11) is 2.08. The molecule has 2 aromatic rings. The smallest absolute Gasteiger partial charge is 0.131 e. The van der Waals surface area contributed by atoms with Gasteiger partial charge in [0, 0.05) is 57.2 Å². The zero-order valence-corrected chi connectivity index (χ0v) is 19.4. The Balaban J connectivity index is 1.32. The number of anilines is 1. The summed E-state index contributed by atoms with van der Waals surface area (Å²) in [6.45, 7) is 12.4. The zero-order valence-electron chi connectivity index (χ0n) is 19.4. The molecular formula is C24H38N6O. The molecule has 1 N–H and O–H groups in total. The van der Waals surface area contributed by atoms with Crippen LogP contribution >= 0.6 is 0 Å². The summed E-state index contributed by atoms with van der Waals surface area (Å²) in [4.78, 5) is 9.16. The van der Waals surface area contributed by atoms with Crippen LogP contribution in [0.4, 0.5) is 5.82 Å². The third kappa shape index (κ3) is 5.64. The van der Waals surface area contributed by atoms with Crippen LogP contribution in [0.5, 0.6) is 0 Å². The Morgan fingerprint density at radius 2 is 1.81 bits per heavy atom. The molecule has 2 saturated heterocycles. The lowest BCUT2D eigenvalue weighted by atomic mass is 10.0. The number of rotatable bonds is 8. The number of pyridine rings is 1. The number of aromatic nitrogens is 3. The van der Waals surface area contributed by atoms with Gasteiger partial charge in [-0.2, -0.15) is 5.10 Å². The van der Waals surface area contributed by atoms with E-state index in [9.17, 15) is 0 Å². The monoisotopic (exact) mass is 426 g/mol. The average molecular weight is 427 g/mol. The minimum absolute atomic E-state index is 0.424. The molecular weight excluding hydrogens is 388 g/mol. The van der Waals surface area contributed by atoms with Crippen LogP contribution in [-0.4, -0.2) is 71.6 Å². The Labute approximate surface area is 186 Å². The van der Waals surface area contributed by atoms with E-state index in [0.29, 0.717) is 12.0 Å². The molecule has 0 bridgehead atoms. The van der Waals surface area contributed by atoms with Gasteiger partial charge in [-0.15, -0.1) is 0 Å². The van der Waals surface area contributed by atoms with Crippen molar-refractivity contribution in [2.75, 3.05) is 50.8 Å². The number of aryl methyl sites for hydroxylation is 1. The molecule has 2 aliphatic heterocycles. The van der Waals surface area contributed by atoms with E-state index < -0.39 is 0 Å². The van der Waals surface area contributed by atoms with Crippen molar-refractivity contribution in [3.63, 3.8) is 0 Å². The maximum Gasteiger partial charge on any atom is 0.131 e. The molecule has 0 spiro atoms. The van der Waals surface area contributed by atoms with Crippen molar-refractivity contribution in [3.05, 3.63) is 41.3 Å². The summed E-state index contributed by atoms with van der Waals surface area (Å²) in [6, 6.07) is 4.83. The lowest BCUT2D eigenvalue weighted by molar-refractivity contribution is 0.122. The molecule has 4 heterocycles. The SMILES string of the molecule is CC(C)c1nn(C)c(N2CCOCC2)c1CNC1CCN(CCc2ccncc2)CC1. The molecule has 0 saturated carbocycles. The van der Waals surface area contributed by atoms with Gasteiger partial charge in [-0.3, -0.25) is 9.67 Å². The van der Waals surface area contributed by atoms with E-state index in [0.717, 1.165) is 45.8 Å². The topological polar surface area (TPSA) is 58.5 Å². The first-order chi connectivity index (χ1) is 15.1. The van der Waals surface area contributed by atoms with Crippen LogP contribution in [-0.2, 0) is 24.8 Å². The van der Waals surface area contributed by atoms with Crippen molar-refractivity contribution in [3.8, 4) is 0 Å². The third-order valence-corrected chi connectivity index (χ3v) is 6.62. The van der Waals surface area contributed by atoms with Crippen LogP contribution in [0.3, 0.4) is 0 Å². The number of nitrogens with one attached hydrogen (secondary N) is 1. The van der Waals surface area contributed by atoms with Crippen LogP contribution in [0.25, 0.3) is 0 Å². The van der Waals surface area contributed by atoms with Gasteiger partial charge < -0.3 is 19.9 Å². The van der Waals surface area contributed by atoms with E-state index in [1.54, 1.807) is 0 Å². The first-order valence-corrected chi connectivity index (χ1v) is 11.8. The van der Waals surface area contributed by atoms with E-state index in [1.807, 2.05) is 12.4 Å². The van der Waals surface area contributed by atoms with Gasteiger partial charge in [0.15, 0.2) is 0 Å². The Morgan fingerprint density at radius 1 is 1.10 bits per heavy atom. The maximum absolute atomic E-state index is 5.57. The van der Waals surface area contributed by atoms with Gasteiger partial charge >= 0.3 is 0 Å². The number of ether oxygens (including phenoxy) is 1. The van der Waals surface area contributed by atoms with Crippen LogP contribution in [0, 0.1) is 0 Å². The number of piperidine rings is 1. The fourth-order valence-corrected chi connectivity index (χ4v) is 4.83. The van der Waals surface area contributed by atoms with Gasteiger partial charge in [-0.05, 0) is 56.0 Å². The molecule has 2 fully saturated rings. The number of hydrogen-bond donors (Lipinski definition) is 1. The summed E-state index contributed by atoms with van der Waals surface area (Å²) >= 11 is 0. The maximum atomic E-state index is 5.57. The summed E-state index contributed by atoms with van der Waals surface area (Å²) in [6.07, 6.45) is 7.30. The third-order valence-electron chi connectivity index (χ3n) is 6.62. The van der Waals surface area contributed by atoms with Gasteiger partial charge in [0.2, 0.25) is 0 Å². The minimum atomic E-state index is 0.424. The second-order valence-electron chi connectivity index (χ2n) is 9.17. The summed E-state index contributed by atoms with van der Waals surface area (Å²) in [5, 5.41) is 8.77. The highest BCUT2D eigenvalue weighted by atomic mass is 16.5. The predicted octanol–water partition coefficient (Wildman–Crippen LogP) is 2.57. The number of likely N-dealkylation sites (tertiary alicyclic amines) is 1. The highest BCUT2D eigenvalue weighted by Gasteiger charge is 2.25. The fourth-order valence-electron chi connectivity index (χ4n) is 4.83. The Morgan fingerprint density at radius 3 is 2.48 bits per heavy atom. The quantitative estimate of drug-likeness (QED) is 0.700. The minimum Gasteiger partial charge on any atom is -0.378 e. The van der Waals surface area contributed by atoms with Crippen molar-refractivity contribution in [2.45, 2.75) is 51.6 Å². The number of hydrogen-bond acceptors (Lipinski definition) is 6. The second-order valence-corrected chi connectivity index (χ2v) is 9.17. The highest BCUT2D eigenvalue weighted by molar-refractivity contribution is 5.51. The molecule has 0 amide bonds. The summed E-state index contributed by atoms with van der Waals surface area (Å²) < 4.78 is 7.66. The standard InChI is InChI=1S/C24H38N6O/c1-19(2)23-22(24(28(3)27-23)30-14-16-31-17-15-30)18-26-21-7-12-29(13-8-21)11-6-20-4-9-25-10-5-20/h4-5,9-10,19,21,26H,6-8,11-18H2,1-3H3. The molecule has 0 aliphatic carbocycles. The van der Waals surface area contributed by atoms with Gasteiger partial charge in [0.05, 0.1) is 18.9 Å². The Bertz CT molecular complexity index is 807. The first kappa shape index (κ1) is 22.2. The lowest BCUT2D eigenvalue weighted by Crippen LogP contribution is -2.43. The van der Waals surface area contributed by atoms with E-state index in [-0.39, 0.29) is 0 Å². The van der Waals surface area contributed by atoms with Crippen LogP contribution in [0.15, 0.2) is 24.5 Å². The van der Waals surface area contributed by atoms with E-state index in [2.05, 4.69) is 57.8 Å². The second kappa shape index (κ2) is 10.6. The first-order valence-electron chi connectivity index (χ1n) is 11.8. The lowest BCUT2D eigenvalue weighted by Gasteiger charge is -2.33. The van der Waals surface area contributed by atoms with Gasteiger partial charge in [-0.1, -0.05) is 13.8 Å². The van der Waals surface area contributed by atoms with Crippen molar-refractivity contribution < 1.29 is 4.74 Å². The molecule has 31 heavy (non-hydrogen) atoms. The zero-order chi connectivity index (χ0) is 21.6. The number of nitrogens with zero attached hydrogens (tertiary/aromatic N) is 5. The molecule has 0 radical (unpaired) electrons. The Kier molecular flexibility index (Phi) is 7.58. The van der Waals surface area contributed by atoms with Gasteiger partial charge in [0.25, 0.3) is 0 Å². The van der Waals surface area contributed by atoms with Crippen LogP contribution in [0.2, 0.25) is 0 Å². The van der Waals surface area contributed by atoms with Crippen molar-refractivity contribution in [1.82, 2.24) is 25.0 Å². The normalized spacial score (nSPS) is 18.8. The van der Waals surface area contributed by atoms with Crippen molar-refractivity contribution in [1.29, 1.82) is 0 Å². The molecule has 2 aliphatic rings. The van der Waals surface area contributed by atoms with E-state index in [4.69, 9.17) is 9.84 Å². The summed E-state index contributed by atoms with van der Waals surface area (Å²) in [5.74, 6) is 1.70. The molecule has 7 nitrogen and oxygen atoms in total. The summed E-state index contributed by atoms with van der Waals surface area (Å²) in [5.41, 5.74) is 3.98. The number of morpholine rings is 1. The Hall–Kier alpha value is -1.96. The van der Waals surface area contributed by atoms with Gasteiger partial charge in [-0.25, -0.2) is 0 Å². The molecule has 170 valence electrons.